The molecule has 0 radical (unpaired) electrons. The Labute approximate surface area is 161 Å². The fraction of sp³-hybridized carbons (Fsp3) is 0.190. The van der Waals surface area contributed by atoms with Crippen LogP contribution in [0.5, 0.6) is 5.75 Å². The van der Waals surface area contributed by atoms with Crippen molar-refractivity contribution in [2.75, 3.05) is 13.2 Å². The number of para-hydroxylation sites is 1. The van der Waals surface area contributed by atoms with Crippen molar-refractivity contribution in [3.8, 4) is 5.75 Å². The number of amides is 1. The fourth-order valence-electron chi connectivity index (χ4n) is 2.56. The zero-order valence-electron chi connectivity index (χ0n) is 15.2. The second-order valence-electron chi connectivity index (χ2n) is 6.07. The van der Waals surface area contributed by atoms with Gasteiger partial charge in [-0.25, -0.2) is 9.07 Å². The predicted molar refractivity (Wildman–Crippen MR) is 103 cm³/mol. The van der Waals surface area contributed by atoms with Crippen molar-refractivity contribution in [2.24, 2.45) is 0 Å². The van der Waals surface area contributed by atoms with E-state index in [1.165, 1.54) is 28.9 Å². The lowest BCUT2D eigenvalue weighted by atomic mass is 10.1. The maximum atomic E-state index is 12.9. The summed E-state index contributed by atoms with van der Waals surface area (Å²) in [5, 5.41) is 6.85. The van der Waals surface area contributed by atoms with E-state index in [1.807, 2.05) is 30.3 Å². The lowest BCUT2D eigenvalue weighted by molar-refractivity contribution is 0.0946. The number of ether oxygens (including phenoxy) is 1. The van der Waals surface area contributed by atoms with Crippen LogP contribution in [0, 0.1) is 5.82 Å². The van der Waals surface area contributed by atoms with Gasteiger partial charge in [-0.3, -0.25) is 9.59 Å². The third kappa shape index (κ3) is 5.51. The SMILES string of the molecule is O=C(NCCc1ccc(F)cc1)c1ccc(=O)n(CCOc2ccccc2)n1. The summed E-state index contributed by atoms with van der Waals surface area (Å²) >= 11 is 0. The van der Waals surface area contributed by atoms with Crippen molar-refractivity contribution < 1.29 is 13.9 Å². The lowest BCUT2D eigenvalue weighted by Crippen LogP contribution is -2.31. The molecule has 0 aliphatic rings. The van der Waals surface area contributed by atoms with Crippen LogP contribution in [0.3, 0.4) is 0 Å². The highest BCUT2D eigenvalue weighted by Crippen LogP contribution is 2.07. The zero-order chi connectivity index (χ0) is 19.8. The van der Waals surface area contributed by atoms with E-state index in [4.69, 9.17) is 4.74 Å². The second-order valence-corrected chi connectivity index (χ2v) is 6.07. The van der Waals surface area contributed by atoms with Gasteiger partial charge in [-0.05, 0) is 42.3 Å². The number of nitrogens with one attached hydrogen (secondary N) is 1. The van der Waals surface area contributed by atoms with E-state index in [0.29, 0.717) is 18.7 Å². The topological polar surface area (TPSA) is 73.2 Å². The maximum Gasteiger partial charge on any atom is 0.271 e. The molecule has 0 aliphatic heterocycles. The monoisotopic (exact) mass is 381 g/mol. The molecule has 144 valence electrons. The molecular formula is C21H20FN3O3. The van der Waals surface area contributed by atoms with Crippen LogP contribution in [0.25, 0.3) is 0 Å². The number of carbonyl (C=O) groups excluding carboxylic acids is 1. The molecule has 0 fully saturated rings. The molecular weight excluding hydrogens is 361 g/mol. The molecule has 6 nitrogen and oxygen atoms in total. The van der Waals surface area contributed by atoms with Gasteiger partial charge in [0.15, 0.2) is 0 Å². The number of benzene rings is 2. The zero-order valence-corrected chi connectivity index (χ0v) is 15.2. The van der Waals surface area contributed by atoms with E-state index in [2.05, 4.69) is 10.4 Å². The first-order valence-corrected chi connectivity index (χ1v) is 8.90. The van der Waals surface area contributed by atoms with E-state index in [9.17, 15) is 14.0 Å². The molecule has 0 atom stereocenters. The maximum absolute atomic E-state index is 12.9. The van der Waals surface area contributed by atoms with Crippen molar-refractivity contribution in [2.45, 2.75) is 13.0 Å². The van der Waals surface area contributed by atoms with Gasteiger partial charge >= 0.3 is 0 Å². The van der Waals surface area contributed by atoms with E-state index in [-0.39, 0.29) is 36.1 Å². The molecule has 1 aromatic heterocycles. The first-order chi connectivity index (χ1) is 13.6. The molecule has 28 heavy (non-hydrogen) atoms. The van der Waals surface area contributed by atoms with E-state index in [0.717, 1.165) is 5.56 Å². The summed E-state index contributed by atoms with van der Waals surface area (Å²) in [5.41, 5.74) is 0.760. The van der Waals surface area contributed by atoms with E-state index in [1.54, 1.807) is 12.1 Å². The van der Waals surface area contributed by atoms with Crippen LogP contribution < -0.4 is 15.6 Å². The summed E-state index contributed by atoms with van der Waals surface area (Å²) < 4.78 is 19.7. The average molecular weight is 381 g/mol. The Morgan fingerprint density at radius 1 is 1.04 bits per heavy atom. The minimum atomic E-state index is -0.375. The van der Waals surface area contributed by atoms with Gasteiger partial charge in [0.05, 0.1) is 6.54 Å². The molecule has 1 heterocycles. The van der Waals surface area contributed by atoms with Crippen LogP contribution >= 0.6 is 0 Å². The predicted octanol–water partition coefficient (Wildman–Crippen LogP) is 2.43. The van der Waals surface area contributed by atoms with E-state index < -0.39 is 0 Å². The van der Waals surface area contributed by atoms with Crippen LogP contribution in [0.15, 0.2) is 71.5 Å². The number of hydrogen-bond acceptors (Lipinski definition) is 4. The van der Waals surface area contributed by atoms with Gasteiger partial charge in [-0.2, -0.15) is 5.10 Å². The number of nitrogens with zero attached hydrogens (tertiary/aromatic N) is 2. The standard InChI is InChI=1S/C21H20FN3O3/c22-17-8-6-16(7-9-17)12-13-23-21(27)19-10-11-20(26)25(24-19)14-15-28-18-4-2-1-3-5-18/h1-11H,12-15H2,(H,23,27). The van der Waals surface area contributed by atoms with Crippen LogP contribution in [-0.2, 0) is 13.0 Å². The molecule has 0 spiro atoms. The Morgan fingerprint density at radius 3 is 2.54 bits per heavy atom. The Balaban J connectivity index is 1.53. The smallest absolute Gasteiger partial charge is 0.271 e. The Morgan fingerprint density at radius 2 is 1.79 bits per heavy atom. The molecule has 3 rings (SSSR count). The van der Waals surface area contributed by atoms with Crippen LogP contribution in [-0.4, -0.2) is 28.8 Å². The van der Waals surface area contributed by atoms with Gasteiger partial charge in [0.25, 0.3) is 11.5 Å². The van der Waals surface area contributed by atoms with Gasteiger partial charge in [0.2, 0.25) is 0 Å². The molecule has 2 aromatic carbocycles. The van der Waals surface area contributed by atoms with Crippen molar-refractivity contribution in [1.29, 1.82) is 0 Å². The molecule has 0 unspecified atom stereocenters. The number of aromatic nitrogens is 2. The molecule has 0 saturated heterocycles. The summed E-state index contributed by atoms with van der Waals surface area (Å²) in [4.78, 5) is 24.2. The second kappa shape index (κ2) is 9.45. The van der Waals surface area contributed by atoms with Gasteiger partial charge in [-0.15, -0.1) is 0 Å². The summed E-state index contributed by atoms with van der Waals surface area (Å²) in [7, 11) is 0. The van der Waals surface area contributed by atoms with Crippen molar-refractivity contribution in [3.63, 3.8) is 0 Å². The number of halogens is 1. The first kappa shape index (κ1) is 19.3. The molecule has 0 aliphatic carbocycles. The highest BCUT2D eigenvalue weighted by molar-refractivity contribution is 5.91. The molecule has 7 heteroatoms. The van der Waals surface area contributed by atoms with Crippen molar-refractivity contribution in [1.82, 2.24) is 15.1 Å². The number of rotatable bonds is 8. The van der Waals surface area contributed by atoms with Gasteiger partial charge in [-0.1, -0.05) is 30.3 Å². The number of carbonyl (C=O) groups is 1. The summed E-state index contributed by atoms with van der Waals surface area (Å²) in [6.45, 7) is 0.860. The molecule has 1 amide bonds. The molecule has 0 saturated carbocycles. The van der Waals surface area contributed by atoms with Crippen molar-refractivity contribution >= 4 is 5.91 Å². The average Bonchev–Trinajstić information content (AvgIpc) is 2.71. The molecule has 1 N–H and O–H groups in total. The highest BCUT2D eigenvalue weighted by atomic mass is 19.1. The normalized spacial score (nSPS) is 10.5. The minimum absolute atomic E-state index is 0.151. The van der Waals surface area contributed by atoms with Crippen LogP contribution in [0.4, 0.5) is 4.39 Å². The Bertz CT molecular complexity index is 972. The number of hydrogen-bond donors (Lipinski definition) is 1. The van der Waals surface area contributed by atoms with Crippen LogP contribution in [0.2, 0.25) is 0 Å². The summed E-state index contributed by atoms with van der Waals surface area (Å²) in [6, 6.07) is 18.1. The lowest BCUT2D eigenvalue weighted by Gasteiger charge is -2.09. The molecule has 3 aromatic rings. The fourth-order valence-corrected chi connectivity index (χ4v) is 2.56. The summed E-state index contributed by atoms with van der Waals surface area (Å²) in [6.07, 6.45) is 0.566. The highest BCUT2D eigenvalue weighted by Gasteiger charge is 2.09. The van der Waals surface area contributed by atoms with Gasteiger partial charge in [0.1, 0.15) is 23.9 Å². The van der Waals surface area contributed by atoms with Gasteiger partial charge < -0.3 is 10.1 Å². The van der Waals surface area contributed by atoms with E-state index >= 15 is 0 Å². The Kier molecular flexibility index (Phi) is 6.51. The minimum Gasteiger partial charge on any atom is -0.492 e. The van der Waals surface area contributed by atoms with Crippen molar-refractivity contribution in [3.05, 3.63) is 94.2 Å². The summed E-state index contributed by atoms with van der Waals surface area (Å²) in [5.74, 6) is 0.0283. The third-order valence-corrected chi connectivity index (χ3v) is 4.03. The third-order valence-electron chi connectivity index (χ3n) is 4.03. The van der Waals surface area contributed by atoms with Gasteiger partial charge in [0, 0.05) is 12.6 Å². The quantitative estimate of drug-likeness (QED) is 0.650. The molecule has 0 bridgehead atoms. The van der Waals surface area contributed by atoms with Crippen LogP contribution in [0.1, 0.15) is 16.1 Å². The Hall–Kier alpha value is -3.48. The first-order valence-electron chi connectivity index (χ1n) is 8.90. The largest absolute Gasteiger partial charge is 0.492 e.